The summed E-state index contributed by atoms with van der Waals surface area (Å²) < 4.78 is 0. The summed E-state index contributed by atoms with van der Waals surface area (Å²) in [4.78, 5) is 12.2. The minimum Gasteiger partial charge on any atom is -0.366 e. The molecule has 0 aliphatic carbocycles. The molecule has 0 radical (unpaired) electrons. The van der Waals surface area contributed by atoms with E-state index in [4.69, 9.17) is 5.73 Å². The summed E-state index contributed by atoms with van der Waals surface area (Å²) in [6.07, 6.45) is 5.23. The van der Waals surface area contributed by atoms with Gasteiger partial charge in [0.15, 0.2) is 0 Å². The molecule has 5 heteroatoms. The molecular weight excluding hydrogens is 202 g/mol. The van der Waals surface area contributed by atoms with Crippen molar-refractivity contribution in [3.63, 3.8) is 0 Å². The first kappa shape index (κ1) is 10.5. The zero-order valence-corrected chi connectivity index (χ0v) is 8.80. The molecule has 0 atom stereocenters. The van der Waals surface area contributed by atoms with Gasteiger partial charge in [-0.2, -0.15) is 0 Å². The largest absolute Gasteiger partial charge is 0.366 e. The van der Waals surface area contributed by atoms with Gasteiger partial charge >= 0.3 is 0 Å². The lowest BCUT2D eigenvalue weighted by molar-refractivity contribution is 0.904. The molecule has 0 unspecified atom stereocenters. The number of pyridine rings is 1. The van der Waals surface area contributed by atoms with E-state index in [0.717, 1.165) is 11.4 Å². The van der Waals surface area contributed by atoms with Crippen LogP contribution < -0.4 is 11.1 Å². The molecule has 0 bridgehead atoms. The maximum Gasteiger partial charge on any atom is 0.144 e. The smallest absolute Gasteiger partial charge is 0.144 e. The van der Waals surface area contributed by atoms with Crippen LogP contribution in [0.4, 0.5) is 5.82 Å². The van der Waals surface area contributed by atoms with Gasteiger partial charge in [0.2, 0.25) is 0 Å². The van der Waals surface area contributed by atoms with E-state index in [0.29, 0.717) is 18.9 Å². The summed E-state index contributed by atoms with van der Waals surface area (Å²) in [7, 11) is 0. The molecule has 0 aliphatic rings. The summed E-state index contributed by atoms with van der Waals surface area (Å²) in [6, 6.07) is 5.73. The molecule has 0 saturated heterocycles. The Morgan fingerprint density at radius 1 is 1.12 bits per heavy atom. The number of rotatable bonds is 4. The number of nitrogens with zero attached hydrogens (tertiary/aromatic N) is 3. The van der Waals surface area contributed by atoms with E-state index in [9.17, 15) is 0 Å². The average molecular weight is 215 g/mol. The van der Waals surface area contributed by atoms with Crippen molar-refractivity contribution in [1.29, 1.82) is 0 Å². The SMILES string of the molecule is NCc1nccc(NCc2ccncc2)n1. The molecule has 5 nitrogen and oxygen atoms in total. The fourth-order valence-electron chi connectivity index (χ4n) is 1.29. The lowest BCUT2D eigenvalue weighted by Crippen LogP contribution is -2.07. The van der Waals surface area contributed by atoms with Gasteiger partial charge in [-0.15, -0.1) is 0 Å². The Morgan fingerprint density at radius 2 is 1.94 bits per heavy atom. The minimum atomic E-state index is 0.352. The highest BCUT2D eigenvalue weighted by molar-refractivity contribution is 5.34. The number of hydrogen-bond acceptors (Lipinski definition) is 5. The van der Waals surface area contributed by atoms with Crippen molar-refractivity contribution in [3.05, 3.63) is 48.2 Å². The zero-order chi connectivity index (χ0) is 11.2. The molecule has 82 valence electrons. The second-order valence-corrected chi connectivity index (χ2v) is 3.27. The van der Waals surface area contributed by atoms with Crippen molar-refractivity contribution in [3.8, 4) is 0 Å². The molecule has 0 saturated carbocycles. The van der Waals surface area contributed by atoms with Crippen LogP contribution in [0.1, 0.15) is 11.4 Å². The molecule has 3 N–H and O–H groups in total. The fourth-order valence-corrected chi connectivity index (χ4v) is 1.29. The maximum absolute atomic E-state index is 5.46. The monoisotopic (exact) mass is 215 g/mol. The van der Waals surface area contributed by atoms with E-state index < -0.39 is 0 Å². The lowest BCUT2D eigenvalue weighted by Gasteiger charge is -2.05. The third kappa shape index (κ3) is 2.74. The molecule has 16 heavy (non-hydrogen) atoms. The van der Waals surface area contributed by atoms with Crippen LogP contribution in [0.3, 0.4) is 0 Å². The topological polar surface area (TPSA) is 76.7 Å². The van der Waals surface area contributed by atoms with Crippen molar-refractivity contribution < 1.29 is 0 Å². The lowest BCUT2D eigenvalue weighted by atomic mass is 10.3. The van der Waals surface area contributed by atoms with Crippen molar-refractivity contribution in [2.24, 2.45) is 5.73 Å². The van der Waals surface area contributed by atoms with Gasteiger partial charge in [-0.3, -0.25) is 4.98 Å². The van der Waals surface area contributed by atoms with Crippen LogP contribution in [0, 0.1) is 0 Å². The highest BCUT2D eigenvalue weighted by atomic mass is 15.0. The van der Waals surface area contributed by atoms with E-state index in [-0.39, 0.29) is 0 Å². The van der Waals surface area contributed by atoms with Crippen LogP contribution >= 0.6 is 0 Å². The third-order valence-electron chi connectivity index (χ3n) is 2.11. The Hall–Kier alpha value is -2.01. The summed E-state index contributed by atoms with van der Waals surface area (Å²) in [5.74, 6) is 1.42. The molecule has 2 heterocycles. The van der Waals surface area contributed by atoms with Crippen LogP contribution in [-0.4, -0.2) is 15.0 Å². The Morgan fingerprint density at radius 3 is 2.69 bits per heavy atom. The summed E-state index contributed by atoms with van der Waals surface area (Å²) in [5, 5.41) is 3.20. The highest BCUT2D eigenvalue weighted by Gasteiger charge is 1.97. The van der Waals surface area contributed by atoms with Gasteiger partial charge in [-0.05, 0) is 23.8 Å². The zero-order valence-electron chi connectivity index (χ0n) is 8.80. The first-order valence-corrected chi connectivity index (χ1v) is 5.03. The Kier molecular flexibility index (Phi) is 3.40. The Bertz CT molecular complexity index is 443. The molecule has 0 fully saturated rings. The number of hydrogen-bond donors (Lipinski definition) is 2. The van der Waals surface area contributed by atoms with Crippen LogP contribution in [0.5, 0.6) is 0 Å². The third-order valence-corrected chi connectivity index (χ3v) is 2.11. The van der Waals surface area contributed by atoms with Crippen LogP contribution in [0.2, 0.25) is 0 Å². The quantitative estimate of drug-likeness (QED) is 0.793. The highest BCUT2D eigenvalue weighted by Crippen LogP contribution is 2.04. The van der Waals surface area contributed by atoms with Crippen LogP contribution in [0.15, 0.2) is 36.8 Å². The van der Waals surface area contributed by atoms with E-state index in [1.54, 1.807) is 18.6 Å². The second-order valence-electron chi connectivity index (χ2n) is 3.27. The van der Waals surface area contributed by atoms with E-state index in [1.807, 2.05) is 18.2 Å². The first-order chi connectivity index (χ1) is 7.88. The van der Waals surface area contributed by atoms with Crippen molar-refractivity contribution in [1.82, 2.24) is 15.0 Å². The van der Waals surface area contributed by atoms with E-state index in [1.165, 1.54) is 0 Å². The van der Waals surface area contributed by atoms with Crippen molar-refractivity contribution in [2.75, 3.05) is 5.32 Å². The minimum absolute atomic E-state index is 0.352. The van der Waals surface area contributed by atoms with Gasteiger partial charge in [0.05, 0.1) is 6.54 Å². The van der Waals surface area contributed by atoms with E-state index in [2.05, 4.69) is 20.3 Å². The molecule has 2 aromatic rings. The standard InChI is InChI=1S/C11H13N5/c12-7-11-14-6-3-10(16-11)15-8-9-1-4-13-5-2-9/h1-6H,7-8,12H2,(H,14,15,16). The normalized spacial score (nSPS) is 10.1. The summed E-state index contributed by atoms with van der Waals surface area (Å²) >= 11 is 0. The van der Waals surface area contributed by atoms with Gasteiger partial charge < -0.3 is 11.1 Å². The number of nitrogens with one attached hydrogen (secondary N) is 1. The number of aromatic nitrogens is 3. The molecular formula is C11H13N5. The first-order valence-electron chi connectivity index (χ1n) is 5.03. The predicted molar refractivity (Wildman–Crippen MR) is 61.5 cm³/mol. The van der Waals surface area contributed by atoms with Crippen LogP contribution in [0.25, 0.3) is 0 Å². The maximum atomic E-state index is 5.46. The molecule has 2 rings (SSSR count). The van der Waals surface area contributed by atoms with Gasteiger partial charge in [-0.1, -0.05) is 0 Å². The fraction of sp³-hybridized carbons (Fsp3) is 0.182. The van der Waals surface area contributed by atoms with Gasteiger partial charge in [0, 0.05) is 25.1 Å². The number of anilines is 1. The van der Waals surface area contributed by atoms with E-state index >= 15 is 0 Å². The van der Waals surface area contributed by atoms with Crippen molar-refractivity contribution in [2.45, 2.75) is 13.1 Å². The van der Waals surface area contributed by atoms with Gasteiger partial charge in [-0.25, -0.2) is 9.97 Å². The van der Waals surface area contributed by atoms with Crippen molar-refractivity contribution >= 4 is 5.82 Å². The molecule has 0 aromatic carbocycles. The average Bonchev–Trinajstić information content (AvgIpc) is 2.38. The second kappa shape index (κ2) is 5.18. The molecule has 0 aliphatic heterocycles. The Labute approximate surface area is 93.8 Å². The molecule has 0 amide bonds. The number of nitrogens with two attached hydrogens (primary N) is 1. The summed E-state index contributed by atoms with van der Waals surface area (Å²) in [5.41, 5.74) is 6.62. The molecule has 0 spiro atoms. The van der Waals surface area contributed by atoms with Gasteiger partial charge in [0.1, 0.15) is 11.6 Å². The Balaban J connectivity index is 1.99. The van der Waals surface area contributed by atoms with Crippen LogP contribution in [-0.2, 0) is 13.1 Å². The molecule has 2 aromatic heterocycles. The predicted octanol–water partition coefficient (Wildman–Crippen LogP) is 0.942. The summed E-state index contributed by atoms with van der Waals surface area (Å²) in [6.45, 7) is 1.06. The van der Waals surface area contributed by atoms with Gasteiger partial charge in [0.25, 0.3) is 0 Å².